The second kappa shape index (κ2) is 10.8. The fourth-order valence-corrected chi connectivity index (χ4v) is 2.09. The van der Waals surface area contributed by atoms with Crippen molar-refractivity contribution in [1.29, 1.82) is 0 Å². The SMILES string of the molecule is CCOC(=O)CCC(=O)OCCC(C)CCc1ccccc1. The van der Waals surface area contributed by atoms with Gasteiger partial charge in [0.15, 0.2) is 0 Å². The van der Waals surface area contributed by atoms with Gasteiger partial charge in [0.25, 0.3) is 0 Å². The van der Waals surface area contributed by atoms with Crippen LogP contribution in [0.25, 0.3) is 0 Å². The average molecular weight is 306 g/mol. The smallest absolute Gasteiger partial charge is 0.306 e. The molecule has 0 bridgehead atoms. The lowest BCUT2D eigenvalue weighted by Gasteiger charge is -2.11. The lowest BCUT2D eigenvalue weighted by Crippen LogP contribution is -2.12. The van der Waals surface area contributed by atoms with Crippen molar-refractivity contribution < 1.29 is 19.1 Å². The molecule has 22 heavy (non-hydrogen) atoms. The normalized spacial score (nSPS) is 11.7. The molecule has 0 radical (unpaired) electrons. The van der Waals surface area contributed by atoms with Crippen molar-refractivity contribution in [2.45, 2.75) is 46.0 Å². The molecule has 0 spiro atoms. The van der Waals surface area contributed by atoms with Gasteiger partial charge in [0.1, 0.15) is 0 Å². The summed E-state index contributed by atoms with van der Waals surface area (Å²) in [5.41, 5.74) is 1.33. The Morgan fingerprint density at radius 2 is 1.64 bits per heavy atom. The van der Waals surface area contributed by atoms with Crippen LogP contribution in [-0.2, 0) is 25.5 Å². The van der Waals surface area contributed by atoms with Gasteiger partial charge in [-0.2, -0.15) is 0 Å². The van der Waals surface area contributed by atoms with Crippen molar-refractivity contribution in [2.75, 3.05) is 13.2 Å². The van der Waals surface area contributed by atoms with Gasteiger partial charge in [-0.15, -0.1) is 0 Å². The number of esters is 2. The maximum Gasteiger partial charge on any atom is 0.306 e. The Hall–Kier alpha value is -1.84. The molecule has 1 atom stereocenters. The van der Waals surface area contributed by atoms with E-state index in [1.54, 1.807) is 6.92 Å². The Morgan fingerprint density at radius 1 is 1.00 bits per heavy atom. The fourth-order valence-electron chi connectivity index (χ4n) is 2.09. The molecule has 1 aromatic carbocycles. The first kappa shape index (κ1) is 18.2. The van der Waals surface area contributed by atoms with E-state index in [-0.39, 0.29) is 24.8 Å². The van der Waals surface area contributed by atoms with Crippen LogP contribution in [0.5, 0.6) is 0 Å². The van der Waals surface area contributed by atoms with Crippen molar-refractivity contribution in [3.8, 4) is 0 Å². The van der Waals surface area contributed by atoms with Crippen LogP contribution in [-0.4, -0.2) is 25.2 Å². The van der Waals surface area contributed by atoms with Crippen LogP contribution in [0.4, 0.5) is 0 Å². The van der Waals surface area contributed by atoms with Gasteiger partial charge in [-0.05, 0) is 37.7 Å². The second-order valence-electron chi connectivity index (χ2n) is 5.44. The molecule has 1 rings (SSSR count). The molecule has 0 aromatic heterocycles. The molecule has 0 saturated heterocycles. The Morgan fingerprint density at radius 3 is 2.27 bits per heavy atom. The molecule has 1 aromatic rings. The number of aryl methyl sites for hydroxylation is 1. The molecule has 0 saturated carbocycles. The van der Waals surface area contributed by atoms with Crippen LogP contribution in [0.15, 0.2) is 30.3 Å². The molecule has 122 valence electrons. The summed E-state index contributed by atoms with van der Waals surface area (Å²) in [4.78, 5) is 22.6. The zero-order chi connectivity index (χ0) is 16.2. The van der Waals surface area contributed by atoms with Gasteiger partial charge in [-0.1, -0.05) is 37.3 Å². The van der Waals surface area contributed by atoms with E-state index in [2.05, 4.69) is 19.1 Å². The summed E-state index contributed by atoms with van der Waals surface area (Å²) in [5, 5.41) is 0. The molecule has 0 aliphatic carbocycles. The van der Waals surface area contributed by atoms with E-state index in [1.807, 2.05) is 18.2 Å². The summed E-state index contributed by atoms with van der Waals surface area (Å²) < 4.78 is 9.91. The third-order valence-electron chi connectivity index (χ3n) is 3.48. The third-order valence-corrected chi connectivity index (χ3v) is 3.48. The van der Waals surface area contributed by atoms with Crippen molar-refractivity contribution >= 4 is 11.9 Å². The molecular formula is C18H26O4. The molecule has 0 N–H and O–H groups in total. The molecular weight excluding hydrogens is 280 g/mol. The minimum absolute atomic E-state index is 0.0935. The quantitative estimate of drug-likeness (QED) is 0.621. The van der Waals surface area contributed by atoms with Crippen LogP contribution in [0.3, 0.4) is 0 Å². The van der Waals surface area contributed by atoms with Gasteiger partial charge in [0.05, 0.1) is 26.1 Å². The Kier molecular flexibility index (Phi) is 8.96. The van der Waals surface area contributed by atoms with Gasteiger partial charge in [-0.25, -0.2) is 0 Å². The molecule has 4 heteroatoms. The number of rotatable bonds is 10. The van der Waals surface area contributed by atoms with E-state index in [0.29, 0.717) is 19.1 Å². The number of hydrogen-bond donors (Lipinski definition) is 0. The Labute approximate surface area is 132 Å². The van der Waals surface area contributed by atoms with Gasteiger partial charge in [-0.3, -0.25) is 9.59 Å². The Balaban J connectivity index is 2.07. The summed E-state index contributed by atoms with van der Waals surface area (Å²) in [6.07, 6.45) is 3.15. The van der Waals surface area contributed by atoms with E-state index >= 15 is 0 Å². The van der Waals surface area contributed by atoms with E-state index in [9.17, 15) is 9.59 Å². The van der Waals surface area contributed by atoms with Crippen LogP contribution in [0, 0.1) is 5.92 Å². The minimum atomic E-state index is -0.351. The maximum absolute atomic E-state index is 11.5. The van der Waals surface area contributed by atoms with Crippen LogP contribution >= 0.6 is 0 Å². The minimum Gasteiger partial charge on any atom is -0.466 e. The molecule has 4 nitrogen and oxygen atoms in total. The summed E-state index contributed by atoms with van der Waals surface area (Å²) in [6.45, 7) is 4.66. The first-order chi connectivity index (χ1) is 10.6. The summed E-state index contributed by atoms with van der Waals surface area (Å²) >= 11 is 0. The predicted octanol–water partition coefficient (Wildman–Crippen LogP) is 3.53. The van der Waals surface area contributed by atoms with E-state index in [0.717, 1.165) is 19.3 Å². The fraction of sp³-hybridized carbons (Fsp3) is 0.556. The number of hydrogen-bond acceptors (Lipinski definition) is 4. The van der Waals surface area contributed by atoms with Crippen molar-refractivity contribution in [3.63, 3.8) is 0 Å². The number of carbonyl (C=O) groups excluding carboxylic acids is 2. The van der Waals surface area contributed by atoms with Crippen LogP contribution < -0.4 is 0 Å². The highest BCUT2D eigenvalue weighted by Gasteiger charge is 2.09. The summed E-state index contributed by atoms with van der Waals surface area (Å²) in [7, 11) is 0. The average Bonchev–Trinajstić information content (AvgIpc) is 2.52. The second-order valence-corrected chi connectivity index (χ2v) is 5.44. The largest absolute Gasteiger partial charge is 0.466 e. The highest BCUT2D eigenvalue weighted by Crippen LogP contribution is 2.13. The summed E-state index contributed by atoms with van der Waals surface area (Å²) in [5.74, 6) is -0.183. The van der Waals surface area contributed by atoms with E-state index < -0.39 is 0 Å². The van der Waals surface area contributed by atoms with Crippen LogP contribution in [0.2, 0.25) is 0 Å². The van der Waals surface area contributed by atoms with E-state index in [1.165, 1.54) is 5.56 Å². The van der Waals surface area contributed by atoms with Crippen LogP contribution in [0.1, 0.15) is 45.1 Å². The molecule has 0 aliphatic heterocycles. The maximum atomic E-state index is 11.5. The first-order valence-corrected chi connectivity index (χ1v) is 7.97. The Bertz CT molecular complexity index is 442. The summed E-state index contributed by atoms with van der Waals surface area (Å²) in [6, 6.07) is 10.4. The van der Waals surface area contributed by atoms with Crippen molar-refractivity contribution in [3.05, 3.63) is 35.9 Å². The third kappa shape index (κ3) is 8.45. The van der Waals surface area contributed by atoms with Gasteiger partial charge in [0.2, 0.25) is 0 Å². The first-order valence-electron chi connectivity index (χ1n) is 7.97. The highest BCUT2D eigenvalue weighted by molar-refractivity contribution is 5.77. The molecule has 0 aliphatic rings. The molecule has 0 amide bonds. The van der Waals surface area contributed by atoms with Gasteiger partial charge >= 0.3 is 11.9 Å². The monoisotopic (exact) mass is 306 g/mol. The topological polar surface area (TPSA) is 52.6 Å². The zero-order valence-corrected chi connectivity index (χ0v) is 13.5. The van der Waals surface area contributed by atoms with E-state index in [4.69, 9.17) is 9.47 Å². The molecule has 1 unspecified atom stereocenters. The standard InChI is InChI=1S/C18H26O4/c1-3-21-17(19)11-12-18(20)22-14-13-15(2)9-10-16-7-5-4-6-8-16/h4-8,15H,3,9-14H2,1-2H3. The molecule has 0 fully saturated rings. The number of carbonyl (C=O) groups is 2. The highest BCUT2D eigenvalue weighted by atomic mass is 16.5. The number of ether oxygens (including phenoxy) is 2. The predicted molar refractivity (Wildman–Crippen MR) is 85.4 cm³/mol. The molecule has 0 heterocycles. The van der Waals surface area contributed by atoms with Crippen molar-refractivity contribution in [1.82, 2.24) is 0 Å². The number of benzene rings is 1. The van der Waals surface area contributed by atoms with Gasteiger partial charge < -0.3 is 9.47 Å². The lowest BCUT2D eigenvalue weighted by molar-refractivity contribution is -0.150. The van der Waals surface area contributed by atoms with Crippen molar-refractivity contribution in [2.24, 2.45) is 5.92 Å². The zero-order valence-electron chi connectivity index (χ0n) is 13.5. The van der Waals surface area contributed by atoms with Gasteiger partial charge in [0, 0.05) is 0 Å². The lowest BCUT2D eigenvalue weighted by atomic mass is 9.99.